The minimum atomic E-state index is -0.330. The van der Waals surface area contributed by atoms with Gasteiger partial charge in [0, 0.05) is 5.41 Å². The fourth-order valence-electron chi connectivity index (χ4n) is 9.78. The molecule has 0 bridgehead atoms. The molecule has 5 rings (SSSR count). The Hall–Kier alpha value is -0.810. The largest absolute Gasteiger partial charge is 0.393 e. The molecule has 7 atom stereocenters. The zero-order chi connectivity index (χ0) is 21.9. The number of aliphatic hydroxyl groups is 1. The van der Waals surface area contributed by atoms with E-state index in [2.05, 4.69) is 26.8 Å². The van der Waals surface area contributed by atoms with E-state index in [1.165, 1.54) is 64.2 Å². The Morgan fingerprint density at radius 3 is 2.52 bits per heavy atom. The quantitative estimate of drug-likeness (QED) is 0.476. The first-order valence-electron chi connectivity index (χ1n) is 13.6. The fraction of sp³-hybridized carbons (Fsp3) is 0.897. The van der Waals surface area contributed by atoms with Crippen molar-refractivity contribution in [1.82, 2.24) is 0 Å². The Bertz CT molecular complexity index is 772. The van der Waals surface area contributed by atoms with E-state index >= 15 is 0 Å². The highest BCUT2D eigenvalue weighted by Crippen LogP contribution is 2.69. The van der Waals surface area contributed by atoms with E-state index in [9.17, 15) is 10.4 Å². The summed E-state index contributed by atoms with van der Waals surface area (Å²) in [6, 6.07) is 2.77. The van der Waals surface area contributed by atoms with E-state index in [4.69, 9.17) is 0 Å². The van der Waals surface area contributed by atoms with E-state index in [0.29, 0.717) is 11.8 Å². The lowest BCUT2D eigenvalue weighted by atomic mass is 9.45. The third-order valence-electron chi connectivity index (χ3n) is 11.6. The normalized spacial score (nSPS) is 46.6. The summed E-state index contributed by atoms with van der Waals surface area (Å²) in [4.78, 5) is 0. The van der Waals surface area contributed by atoms with E-state index < -0.39 is 0 Å². The second-order valence-corrected chi connectivity index (χ2v) is 12.9. The minimum absolute atomic E-state index is 0.00168. The highest BCUT2D eigenvalue weighted by molar-refractivity contribution is 5.39. The first-order chi connectivity index (χ1) is 14.8. The molecule has 2 nitrogen and oxygen atoms in total. The second kappa shape index (κ2) is 7.90. The molecule has 172 valence electrons. The standard InChI is InChI=1S/C29H45NO/c1-20(17-21-7-5-4-6-8-21)24-9-10-25-23-12-16-29(19-30)18-22(31)11-15-28(29,3)26(23)13-14-27(24,25)2/h20-22,24-25,31H,4-18H2,1-3H3/t20-,22+,24-,25+,27-,28-,29+/m1/s1. The number of hydrogen-bond acceptors (Lipinski definition) is 2. The summed E-state index contributed by atoms with van der Waals surface area (Å²) in [6.45, 7) is 7.63. The Morgan fingerprint density at radius 2 is 1.77 bits per heavy atom. The van der Waals surface area contributed by atoms with E-state index in [1.54, 1.807) is 11.1 Å². The summed E-state index contributed by atoms with van der Waals surface area (Å²) < 4.78 is 0. The van der Waals surface area contributed by atoms with Crippen molar-refractivity contribution in [2.75, 3.05) is 0 Å². The van der Waals surface area contributed by atoms with E-state index in [1.807, 2.05) is 0 Å². The average Bonchev–Trinajstić information content (AvgIpc) is 3.12. The van der Waals surface area contributed by atoms with Crippen LogP contribution in [0.2, 0.25) is 0 Å². The van der Waals surface area contributed by atoms with Crippen molar-refractivity contribution >= 4 is 0 Å². The molecular weight excluding hydrogens is 378 g/mol. The monoisotopic (exact) mass is 423 g/mol. The van der Waals surface area contributed by atoms with Crippen LogP contribution in [0.15, 0.2) is 11.1 Å². The average molecular weight is 424 g/mol. The van der Waals surface area contributed by atoms with Gasteiger partial charge < -0.3 is 5.11 Å². The van der Waals surface area contributed by atoms with Crippen LogP contribution in [0.1, 0.15) is 117 Å². The number of aliphatic hydroxyl groups excluding tert-OH is 1. The number of allylic oxidation sites excluding steroid dienone is 2. The lowest BCUT2D eigenvalue weighted by Gasteiger charge is -2.58. The van der Waals surface area contributed by atoms with Gasteiger partial charge in [0.15, 0.2) is 0 Å². The van der Waals surface area contributed by atoms with Gasteiger partial charge in [-0.05, 0) is 93.3 Å². The molecule has 0 aliphatic heterocycles. The van der Waals surface area contributed by atoms with Crippen molar-refractivity contribution < 1.29 is 5.11 Å². The number of rotatable bonds is 3. The van der Waals surface area contributed by atoms with Crippen molar-refractivity contribution in [3.63, 3.8) is 0 Å². The highest BCUT2D eigenvalue weighted by Gasteiger charge is 2.61. The second-order valence-electron chi connectivity index (χ2n) is 12.9. The molecule has 0 radical (unpaired) electrons. The van der Waals surface area contributed by atoms with Crippen LogP contribution in [0.4, 0.5) is 0 Å². The molecule has 3 fully saturated rings. The van der Waals surface area contributed by atoms with Gasteiger partial charge >= 0.3 is 0 Å². The predicted octanol–water partition coefficient (Wildman–Crippen LogP) is 7.57. The zero-order valence-corrected chi connectivity index (χ0v) is 20.4. The summed E-state index contributed by atoms with van der Waals surface area (Å²) in [7, 11) is 0. The summed E-state index contributed by atoms with van der Waals surface area (Å²) in [5, 5.41) is 20.7. The SMILES string of the molecule is C[C@H](CC1CCCCC1)[C@H]1CC[C@H]2C3=C(CC[C@]12C)[C@@]1(C)CC[C@H](O)C[C@]1(C#N)CC3. The molecule has 3 saturated carbocycles. The first-order valence-corrected chi connectivity index (χ1v) is 13.6. The minimum Gasteiger partial charge on any atom is -0.393 e. The van der Waals surface area contributed by atoms with Gasteiger partial charge in [-0.15, -0.1) is 0 Å². The maximum Gasteiger partial charge on any atom is 0.0700 e. The molecule has 0 aromatic heterocycles. The molecule has 2 heteroatoms. The predicted molar refractivity (Wildman–Crippen MR) is 126 cm³/mol. The zero-order valence-electron chi connectivity index (χ0n) is 20.4. The van der Waals surface area contributed by atoms with Crippen LogP contribution in [-0.4, -0.2) is 11.2 Å². The van der Waals surface area contributed by atoms with E-state index in [-0.39, 0.29) is 16.9 Å². The summed E-state index contributed by atoms with van der Waals surface area (Å²) >= 11 is 0. The van der Waals surface area contributed by atoms with Crippen molar-refractivity contribution in [3.05, 3.63) is 11.1 Å². The third-order valence-corrected chi connectivity index (χ3v) is 11.6. The Kier molecular flexibility index (Phi) is 5.61. The third kappa shape index (κ3) is 3.27. The van der Waals surface area contributed by atoms with Gasteiger partial charge in [-0.3, -0.25) is 0 Å². The van der Waals surface area contributed by atoms with Crippen molar-refractivity contribution in [3.8, 4) is 6.07 Å². The molecule has 31 heavy (non-hydrogen) atoms. The van der Waals surface area contributed by atoms with Crippen LogP contribution >= 0.6 is 0 Å². The van der Waals surface area contributed by atoms with Crippen molar-refractivity contribution in [2.45, 2.75) is 123 Å². The van der Waals surface area contributed by atoms with Crippen molar-refractivity contribution in [1.29, 1.82) is 5.26 Å². The molecule has 0 heterocycles. The summed E-state index contributed by atoms with van der Waals surface area (Å²) in [5.74, 6) is 3.50. The molecular formula is C29H45NO. The maximum absolute atomic E-state index is 10.4. The molecule has 0 saturated heterocycles. The number of hydrogen-bond donors (Lipinski definition) is 1. The number of nitriles is 1. The van der Waals surface area contributed by atoms with Gasteiger partial charge in [0.25, 0.3) is 0 Å². The van der Waals surface area contributed by atoms with E-state index in [0.717, 1.165) is 49.4 Å². The fourth-order valence-corrected chi connectivity index (χ4v) is 9.78. The first kappa shape index (κ1) is 22.0. The number of fused-ring (bicyclic) bond motifs is 4. The number of nitrogens with zero attached hydrogens (tertiary/aromatic N) is 1. The van der Waals surface area contributed by atoms with Gasteiger partial charge in [-0.1, -0.05) is 64.0 Å². The molecule has 0 aromatic rings. The topological polar surface area (TPSA) is 44.0 Å². The van der Waals surface area contributed by atoms with Crippen LogP contribution in [0, 0.1) is 51.2 Å². The molecule has 5 aliphatic rings. The van der Waals surface area contributed by atoms with Gasteiger partial charge in [0.2, 0.25) is 0 Å². The van der Waals surface area contributed by atoms with Crippen LogP contribution in [-0.2, 0) is 0 Å². The lowest BCUT2D eigenvalue weighted by Crippen LogP contribution is -2.51. The highest BCUT2D eigenvalue weighted by atomic mass is 16.3. The van der Waals surface area contributed by atoms with Gasteiger partial charge in [-0.25, -0.2) is 0 Å². The van der Waals surface area contributed by atoms with Gasteiger partial charge in [-0.2, -0.15) is 5.26 Å². The molecule has 0 aromatic carbocycles. The maximum atomic E-state index is 10.4. The molecule has 0 spiro atoms. The van der Waals surface area contributed by atoms with Crippen molar-refractivity contribution in [2.24, 2.45) is 39.9 Å². The Labute approximate surface area is 190 Å². The van der Waals surface area contributed by atoms with Crippen LogP contribution in [0.3, 0.4) is 0 Å². The summed E-state index contributed by atoms with van der Waals surface area (Å²) in [6.07, 6.45) is 18.6. The van der Waals surface area contributed by atoms with Gasteiger partial charge in [0.1, 0.15) is 0 Å². The van der Waals surface area contributed by atoms with Crippen LogP contribution < -0.4 is 0 Å². The smallest absolute Gasteiger partial charge is 0.0700 e. The van der Waals surface area contributed by atoms with Crippen LogP contribution in [0.25, 0.3) is 0 Å². The molecule has 1 N–H and O–H groups in total. The molecule has 0 amide bonds. The Morgan fingerprint density at radius 1 is 1.00 bits per heavy atom. The lowest BCUT2D eigenvalue weighted by molar-refractivity contribution is -0.0256. The molecule has 5 aliphatic carbocycles. The Balaban J connectivity index is 1.40. The molecule has 0 unspecified atom stereocenters. The van der Waals surface area contributed by atoms with Crippen LogP contribution in [0.5, 0.6) is 0 Å². The van der Waals surface area contributed by atoms with Gasteiger partial charge in [0.05, 0.1) is 17.6 Å². The summed E-state index contributed by atoms with van der Waals surface area (Å²) in [5.41, 5.74) is 3.61.